The van der Waals surface area contributed by atoms with Crippen LogP contribution < -0.4 is 0 Å². The van der Waals surface area contributed by atoms with Crippen LogP contribution in [0.2, 0.25) is 0 Å². The molecule has 2 unspecified atom stereocenters. The molecule has 37 heavy (non-hydrogen) atoms. The molecule has 2 aromatic carbocycles. The standard InChI is InChI=1S/C28H33N3O6/c1-19-15-30(16-24-9-10-25(18-32)37-24)11-12-31(19)27(21-6-4-8-23(33)14-21)20-5-3-7-22(13-20)28(36)29(2)17-26(34)35/h3-10,13-14,19,27,32-33H,11-12,15-18H2,1-2H3,(H,34,35). The number of likely N-dealkylation sites (N-methyl/N-ethyl adjacent to an activating group) is 1. The highest BCUT2D eigenvalue weighted by molar-refractivity contribution is 5.95. The third-order valence-corrected chi connectivity index (χ3v) is 6.70. The molecule has 4 rings (SSSR count). The molecule has 0 saturated carbocycles. The first-order valence-electron chi connectivity index (χ1n) is 12.3. The third kappa shape index (κ3) is 6.37. The Kier molecular flexibility index (Phi) is 8.27. The number of carbonyl (C=O) groups is 2. The normalized spacial score (nSPS) is 17.4. The first-order valence-corrected chi connectivity index (χ1v) is 12.3. The summed E-state index contributed by atoms with van der Waals surface area (Å²) in [5, 5.41) is 28.6. The number of amides is 1. The van der Waals surface area contributed by atoms with Crippen molar-refractivity contribution in [1.82, 2.24) is 14.7 Å². The molecule has 0 bridgehead atoms. The van der Waals surface area contributed by atoms with E-state index < -0.39 is 5.97 Å². The minimum absolute atomic E-state index is 0.122. The minimum Gasteiger partial charge on any atom is -0.508 e. The summed E-state index contributed by atoms with van der Waals surface area (Å²) in [4.78, 5) is 29.8. The summed E-state index contributed by atoms with van der Waals surface area (Å²) < 4.78 is 5.67. The highest BCUT2D eigenvalue weighted by Crippen LogP contribution is 2.34. The summed E-state index contributed by atoms with van der Waals surface area (Å²) in [5.41, 5.74) is 2.21. The fourth-order valence-electron chi connectivity index (χ4n) is 4.99. The Morgan fingerprint density at radius 3 is 2.41 bits per heavy atom. The number of phenolic OH excluding ortho intramolecular Hbond substituents is 1. The minimum atomic E-state index is -1.07. The molecule has 1 saturated heterocycles. The molecule has 2 heterocycles. The van der Waals surface area contributed by atoms with Gasteiger partial charge >= 0.3 is 5.97 Å². The maximum atomic E-state index is 12.9. The fourth-order valence-corrected chi connectivity index (χ4v) is 4.99. The van der Waals surface area contributed by atoms with E-state index >= 15 is 0 Å². The van der Waals surface area contributed by atoms with Gasteiger partial charge in [0.1, 0.15) is 30.4 Å². The van der Waals surface area contributed by atoms with E-state index in [9.17, 15) is 19.8 Å². The molecule has 1 aliphatic rings. The number of carbonyl (C=O) groups excluding carboxylic acids is 1. The van der Waals surface area contributed by atoms with E-state index in [2.05, 4.69) is 16.7 Å². The lowest BCUT2D eigenvalue weighted by Crippen LogP contribution is -2.52. The molecule has 1 amide bonds. The lowest BCUT2D eigenvalue weighted by molar-refractivity contribution is -0.137. The van der Waals surface area contributed by atoms with Gasteiger partial charge in [-0.3, -0.25) is 19.4 Å². The number of aliphatic carboxylic acids is 1. The SMILES string of the molecule is CC1CN(Cc2ccc(CO)o2)CCN1C(c1cccc(O)c1)c1cccc(C(=O)N(C)CC(=O)O)c1. The predicted octanol–water partition coefficient (Wildman–Crippen LogP) is 2.93. The highest BCUT2D eigenvalue weighted by atomic mass is 16.4. The summed E-state index contributed by atoms with van der Waals surface area (Å²) in [6, 6.07) is 18.0. The lowest BCUT2D eigenvalue weighted by Gasteiger charge is -2.44. The maximum Gasteiger partial charge on any atom is 0.323 e. The number of furan rings is 1. The van der Waals surface area contributed by atoms with Crippen LogP contribution in [0.4, 0.5) is 0 Å². The van der Waals surface area contributed by atoms with Gasteiger partial charge in [0.05, 0.1) is 12.6 Å². The number of aliphatic hydroxyl groups excluding tert-OH is 1. The van der Waals surface area contributed by atoms with Crippen molar-refractivity contribution in [3.05, 3.63) is 88.9 Å². The van der Waals surface area contributed by atoms with Crippen LogP contribution in [0.15, 0.2) is 65.1 Å². The van der Waals surface area contributed by atoms with Crippen LogP contribution in [0.25, 0.3) is 0 Å². The van der Waals surface area contributed by atoms with Gasteiger partial charge < -0.3 is 24.6 Å². The second-order valence-corrected chi connectivity index (χ2v) is 9.53. The zero-order chi connectivity index (χ0) is 26.5. The molecule has 3 aromatic rings. The number of benzene rings is 2. The van der Waals surface area contributed by atoms with Crippen molar-refractivity contribution in [3.63, 3.8) is 0 Å². The average Bonchev–Trinajstić information content (AvgIpc) is 3.32. The van der Waals surface area contributed by atoms with E-state index in [1.165, 1.54) is 11.9 Å². The summed E-state index contributed by atoms with van der Waals surface area (Å²) >= 11 is 0. The molecule has 0 aliphatic carbocycles. The van der Waals surface area contributed by atoms with Crippen LogP contribution in [0, 0.1) is 0 Å². The van der Waals surface area contributed by atoms with Crippen LogP contribution in [0.3, 0.4) is 0 Å². The lowest BCUT2D eigenvalue weighted by atomic mass is 9.93. The third-order valence-electron chi connectivity index (χ3n) is 6.70. The average molecular weight is 508 g/mol. The Bertz CT molecular complexity index is 1240. The Morgan fingerprint density at radius 1 is 1.05 bits per heavy atom. The molecule has 9 heteroatoms. The van der Waals surface area contributed by atoms with Crippen LogP contribution in [-0.2, 0) is 17.9 Å². The van der Waals surface area contributed by atoms with Gasteiger partial charge in [0, 0.05) is 38.3 Å². The predicted molar refractivity (Wildman–Crippen MR) is 137 cm³/mol. The molecular weight excluding hydrogens is 474 g/mol. The van der Waals surface area contributed by atoms with E-state index in [1.807, 2.05) is 36.4 Å². The number of aliphatic hydroxyl groups is 1. The number of piperazine rings is 1. The van der Waals surface area contributed by atoms with Crippen LogP contribution in [0.5, 0.6) is 5.75 Å². The van der Waals surface area contributed by atoms with Crippen molar-refractivity contribution in [2.45, 2.75) is 32.2 Å². The van der Waals surface area contributed by atoms with Crippen molar-refractivity contribution in [2.75, 3.05) is 33.2 Å². The number of hydrogen-bond donors (Lipinski definition) is 3. The second kappa shape index (κ2) is 11.6. The first-order chi connectivity index (χ1) is 17.7. The van der Waals surface area contributed by atoms with E-state index in [1.54, 1.807) is 24.3 Å². The second-order valence-electron chi connectivity index (χ2n) is 9.53. The zero-order valence-corrected chi connectivity index (χ0v) is 21.1. The van der Waals surface area contributed by atoms with Gasteiger partial charge in [0.25, 0.3) is 5.91 Å². The van der Waals surface area contributed by atoms with E-state index in [4.69, 9.17) is 9.52 Å². The molecule has 1 aliphatic heterocycles. The quantitative estimate of drug-likeness (QED) is 0.405. The molecule has 196 valence electrons. The maximum absolute atomic E-state index is 12.9. The molecule has 1 fully saturated rings. The van der Waals surface area contributed by atoms with Gasteiger partial charge in [-0.15, -0.1) is 0 Å². The molecular formula is C28H33N3O6. The molecule has 0 radical (unpaired) electrons. The molecule has 3 N–H and O–H groups in total. The van der Waals surface area contributed by atoms with Crippen LogP contribution >= 0.6 is 0 Å². The Hall–Kier alpha value is -3.66. The Labute approximate surface area is 216 Å². The van der Waals surface area contributed by atoms with Crippen LogP contribution in [0.1, 0.15) is 46.0 Å². The number of hydrogen-bond acceptors (Lipinski definition) is 7. The van der Waals surface area contributed by atoms with Crippen molar-refractivity contribution < 1.29 is 29.3 Å². The summed E-state index contributed by atoms with van der Waals surface area (Å²) in [6.07, 6.45) is 0. The fraction of sp³-hybridized carbons (Fsp3) is 0.357. The van der Waals surface area contributed by atoms with Gasteiger partial charge in [-0.2, -0.15) is 0 Å². The van der Waals surface area contributed by atoms with Crippen molar-refractivity contribution in [1.29, 1.82) is 0 Å². The number of nitrogens with zero attached hydrogens (tertiary/aromatic N) is 3. The van der Waals surface area contributed by atoms with Gasteiger partial charge in [0.2, 0.25) is 0 Å². The zero-order valence-electron chi connectivity index (χ0n) is 21.1. The van der Waals surface area contributed by atoms with Crippen molar-refractivity contribution >= 4 is 11.9 Å². The molecule has 2 atom stereocenters. The highest BCUT2D eigenvalue weighted by Gasteiger charge is 2.32. The monoisotopic (exact) mass is 507 g/mol. The Morgan fingerprint density at radius 2 is 1.76 bits per heavy atom. The largest absolute Gasteiger partial charge is 0.508 e. The molecule has 1 aromatic heterocycles. The number of carboxylic acids is 1. The van der Waals surface area contributed by atoms with Crippen molar-refractivity contribution in [2.24, 2.45) is 0 Å². The topological polar surface area (TPSA) is 118 Å². The molecule has 9 nitrogen and oxygen atoms in total. The first kappa shape index (κ1) is 26.4. The van der Waals surface area contributed by atoms with Gasteiger partial charge in [-0.1, -0.05) is 24.3 Å². The van der Waals surface area contributed by atoms with Gasteiger partial charge in [-0.25, -0.2) is 0 Å². The van der Waals surface area contributed by atoms with E-state index in [0.29, 0.717) is 17.9 Å². The number of rotatable bonds is 9. The smallest absolute Gasteiger partial charge is 0.323 e. The number of phenols is 1. The number of carboxylic acid groups (broad SMARTS) is 1. The van der Waals surface area contributed by atoms with E-state index in [-0.39, 0.29) is 36.9 Å². The van der Waals surface area contributed by atoms with Gasteiger partial charge in [-0.05, 0) is 54.4 Å². The number of aromatic hydroxyl groups is 1. The summed E-state index contributed by atoms with van der Waals surface area (Å²) in [7, 11) is 1.47. The summed E-state index contributed by atoms with van der Waals surface area (Å²) in [5.74, 6) is 0.0932. The van der Waals surface area contributed by atoms with Crippen molar-refractivity contribution in [3.8, 4) is 5.75 Å². The van der Waals surface area contributed by atoms with Crippen LogP contribution in [-0.4, -0.2) is 81.2 Å². The van der Waals surface area contributed by atoms with Gasteiger partial charge in [0.15, 0.2) is 0 Å². The van der Waals surface area contributed by atoms with E-state index in [0.717, 1.165) is 36.5 Å². The molecule has 0 spiro atoms. The Balaban J connectivity index is 1.59. The summed E-state index contributed by atoms with van der Waals surface area (Å²) in [6.45, 7) is 4.61.